The van der Waals surface area contributed by atoms with E-state index in [0.29, 0.717) is 11.1 Å². The molecular formula is C19H28BrN5O. The molecule has 142 valence electrons. The first-order valence-corrected chi connectivity index (χ1v) is 9.50. The van der Waals surface area contributed by atoms with Gasteiger partial charge >= 0.3 is 0 Å². The average Bonchev–Trinajstić information content (AvgIpc) is 3.09. The molecule has 2 rings (SSSR count). The number of aromatic nitrogens is 1. The molecule has 0 radical (unpaired) electrons. The van der Waals surface area contributed by atoms with Crippen LogP contribution >= 0.6 is 15.9 Å². The van der Waals surface area contributed by atoms with E-state index in [4.69, 9.17) is 11.4 Å². The largest absolute Gasteiger partial charge is 0.321 e. The highest BCUT2D eigenvalue weighted by Crippen LogP contribution is 2.19. The molecule has 2 aromatic rings. The van der Waals surface area contributed by atoms with E-state index in [0.717, 1.165) is 10.9 Å². The number of halogens is 1. The zero-order valence-electron chi connectivity index (χ0n) is 16.1. The fourth-order valence-electron chi connectivity index (χ4n) is 1.83. The summed E-state index contributed by atoms with van der Waals surface area (Å²) in [5, 5.41) is 7.51. The zero-order chi connectivity index (χ0) is 20.7. The summed E-state index contributed by atoms with van der Waals surface area (Å²) in [5.74, 6) is 6.96. The summed E-state index contributed by atoms with van der Waals surface area (Å²) in [5.41, 5.74) is 8.84. The molecule has 1 aromatic heterocycles. The normalized spacial score (nSPS) is 9.38. The SMILES string of the molecule is C=C(C)C(=O)n1ccc2cc(/C(N=N)=N/N)ccc21.C=CC.CBr.CC. The summed E-state index contributed by atoms with van der Waals surface area (Å²) in [6, 6.07) is 7.06. The Hall–Kier alpha value is -2.54. The third kappa shape index (κ3) is 7.14. The average molecular weight is 422 g/mol. The van der Waals surface area contributed by atoms with Crippen LogP contribution in [0, 0.1) is 5.53 Å². The lowest BCUT2D eigenvalue weighted by atomic mass is 10.1. The minimum Gasteiger partial charge on any atom is -0.321 e. The van der Waals surface area contributed by atoms with Crippen molar-refractivity contribution in [3.8, 4) is 0 Å². The van der Waals surface area contributed by atoms with Crippen LogP contribution in [0.1, 0.15) is 38.1 Å². The third-order valence-corrected chi connectivity index (χ3v) is 2.76. The predicted octanol–water partition coefficient (Wildman–Crippen LogP) is 5.74. The van der Waals surface area contributed by atoms with Crippen LogP contribution in [-0.4, -0.2) is 22.1 Å². The minimum atomic E-state index is -0.152. The first-order valence-electron chi connectivity index (χ1n) is 7.92. The molecule has 26 heavy (non-hydrogen) atoms. The van der Waals surface area contributed by atoms with E-state index >= 15 is 0 Å². The van der Waals surface area contributed by atoms with Gasteiger partial charge in [-0.15, -0.1) is 11.7 Å². The van der Waals surface area contributed by atoms with E-state index in [1.165, 1.54) is 4.57 Å². The van der Waals surface area contributed by atoms with Crippen LogP contribution in [0.3, 0.4) is 0 Å². The lowest BCUT2D eigenvalue weighted by Crippen LogP contribution is -2.09. The molecule has 1 aromatic carbocycles. The van der Waals surface area contributed by atoms with E-state index in [1.807, 2.05) is 26.6 Å². The van der Waals surface area contributed by atoms with Crippen molar-refractivity contribution in [2.75, 3.05) is 5.83 Å². The monoisotopic (exact) mass is 421 g/mol. The summed E-state index contributed by atoms with van der Waals surface area (Å²) in [7, 11) is 0. The molecule has 0 aliphatic carbocycles. The zero-order valence-corrected chi connectivity index (χ0v) is 17.7. The molecule has 0 bridgehead atoms. The maximum absolute atomic E-state index is 11.9. The van der Waals surface area contributed by atoms with Crippen molar-refractivity contribution in [1.82, 2.24) is 4.57 Å². The second kappa shape index (κ2) is 14.8. The van der Waals surface area contributed by atoms with Crippen LogP contribution in [0.25, 0.3) is 10.9 Å². The van der Waals surface area contributed by atoms with Gasteiger partial charge in [0.05, 0.1) is 5.52 Å². The van der Waals surface area contributed by atoms with Gasteiger partial charge in [-0.1, -0.05) is 42.4 Å². The van der Waals surface area contributed by atoms with Gasteiger partial charge in [0.1, 0.15) is 0 Å². The summed E-state index contributed by atoms with van der Waals surface area (Å²) in [6.07, 6.45) is 3.43. The van der Waals surface area contributed by atoms with Crippen LogP contribution in [-0.2, 0) is 0 Å². The van der Waals surface area contributed by atoms with Gasteiger partial charge in [0.15, 0.2) is 5.84 Å². The molecule has 6 nitrogen and oxygen atoms in total. The van der Waals surface area contributed by atoms with Crippen LogP contribution in [0.15, 0.2) is 65.5 Å². The van der Waals surface area contributed by atoms with E-state index < -0.39 is 0 Å². The number of hydrazone groups is 1. The molecule has 7 heteroatoms. The standard InChI is InChI=1S/C13H13N5O.C3H6.C2H6.CH3Br/c1-8(2)13(19)18-6-5-9-7-10(3-4-11(9)18)12(16-14)17-15;1-3-2;2*1-2/h3-7,14H,1,15H2,2H3;3H,1H2,2H3;1-2H3;1H3/b16-14?,17-12-;;;. The minimum absolute atomic E-state index is 0.140. The Morgan fingerprint density at radius 2 is 1.85 bits per heavy atom. The van der Waals surface area contributed by atoms with Crippen LogP contribution in [0.2, 0.25) is 0 Å². The van der Waals surface area contributed by atoms with E-state index in [-0.39, 0.29) is 11.7 Å². The number of hydrogen-bond acceptors (Lipinski definition) is 4. The maximum Gasteiger partial charge on any atom is 0.257 e. The molecule has 0 aliphatic heterocycles. The third-order valence-electron chi connectivity index (χ3n) is 2.76. The van der Waals surface area contributed by atoms with Crippen LogP contribution < -0.4 is 5.84 Å². The highest BCUT2D eigenvalue weighted by molar-refractivity contribution is 9.08. The Bertz CT molecular complexity index is 762. The van der Waals surface area contributed by atoms with Crippen molar-refractivity contribution in [3.05, 3.63) is 60.8 Å². The van der Waals surface area contributed by atoms with Crippen molar-refractivity contribution in [3.63, 3.8) is 0 Å². The fourth-order valence-corrected chi connectivity index (χ4v) is 1.83. The number of carbonyl (C=O) groups is 1. The molecule has 0 fully saturated rings. The van der Waals surface area contributed by atoms with Gasteiger partial charge < -0.3 is 5.84 Å². The number of carbonyl (C=O) groups excluding carboxylic acids is 1. The Labute approximate surface area is 164 Å². The van der Waals surface area contributed by atoms with E-state index in [2.05, 4.69) is 39.3 Å². The quantitative estimate of drug-likeness (QED) is 0.0943. The second-order valence-electron chi connectivity index (χ2n) is 4.52. The number of nitrogens with two attached hydrogens (primary N) is 1. The van der Waals surface area contributed by atoms with Crippen LogP contribution in [0.5, 0.6) is 0 Å². The Balaban J connectivity index is 0. The Kier molecular flexibility index (Phi) is 14.6. The molecule has 0 saturated heterocycles. The van der Waals surface area contributed by atoms with E-state index in [9.17, 15) is 4.79 Å². The second-order valence-corrected chi connectivity index (χ2v) is 4.52. The maximum atomic E-state index is 11.9. The van der Waals surface area contributed by atoms with Gasteiger partial charge in [-0.25, -0.2) is 5.53 Å². The first-order chi connectivity index (χ1) is 12.5. The molecule has 0 aliphatic rings. The molecular weight excluding hydrogens is 394 g/mol. The lowest BCUT2D eigenvalue weighted by molar-refractivity contribution is 0.0960. The number of hydrogen-bond donors (Lipinski definition) is 2. The number of allylic oxidation sites excluding steroid dienone is 2. The highest BCUT2D eigenvalue weighted by atomic mass is 79.9. The molecule has 0 saturated carbocycles. The summed E-state index contributed by atoms with van der Waals surface area (Å²) in [6.45, 7) is 14.6. The summed E-state index contributed by atoms with van der Waals surface area (Å²) in [4.78, 5) is 11.9. The topological polar surface area (TPSA) is 96.6 Å². The summed E-state index contributed by atoms with van der Waals surface area (Å²) < 4.78 is 1.53. The first kappa shape index (κ1) is 25.7. The molecule has 3 N–H and O–H groups in total. The highest BCUT2D eigenvalue weighted by Gasteiger charge is 2.11. The van der Waals surface area contributed by atoms with Crippen molar-refractivity contribution in [1.29, 1.82) is 5.53 Å². The molecule has 0 amide bonds. The molecule has 0 atom stereocenters. The van der Waals surface area contributed by atoms with Crippen molar-refractivity contribution in [2.45, 2.75) is 27.7 Å². The van der Waals surface area contributed by atoms with Gasteiger partial charge in [-0.05, 0) is 43.9 Å². The van der Waals surface area contributed by atoms with Crippen molar-refractivity contribution >= 4 is 38.6 Å². The van der Waals surface area contributed by atoms with E-state index in [1.54, 1.807) is 43.5 Å². The molecule has 0 spiro atoms. The van der Waals surface area contributed by atoms with Gasteiger partial charge in [0.25, 0.3) is 5.91 Å². The number of fused-ring (bicyclic) bond motifs is 1. The van der Waals surface area contributed by atoms with Crippen molar-refractivity contribution in [2.24, 2.45) is 16.1 Å². The Morgan fingerprint density at radius 3 is 2.27 bits per heavy atom. The number of alkyl halides is 1. The Morgan fingerprint density at radius 1 is 1.31 bits per heavy atom. The molecule has 0 unspecified atom stereocenters. The number of nitrogens with zero attached hydrogens (tertiary/aromatic N) is 3. The van der Waals surface area contributed by atoms with Gasteiger partial charge in [-0.3, -0.25) is 9.36 Å². The number of nitrogens with one attached hydrogen (secondary N) is 1. The van der Waals surface area contributed by atoms with Gasteiger partial charge in [0, 0.05) is 22.7 Å². The van der Waals surface area contributed by atoms with Crippen LogP contribution in [0.4, 0.5) is 0 Å². The van der Waals surface area contributed by atoms with Gasteiger partial charge in [-0.2, -0.15) is 5.10 Å². The lowest BCUT2D eigenvalue weighted by Gasteiger charge is -2.04. The number of rotatable bonds is 2. The number of benzene rings is 1. The molecule has 1 heterocycles. The summed E-state index contributed by atoms with van der Waals surface area (Å²) >= 11 is 2.94. The number of amidine groups is 1. The fraction of sp³-hybridized carbons (Fsp3) is 0.263. The smallest absolute Gasteiger partial charge is 0.257 e. The van der Waals surface area contributed by atoms with Gasteiger partial charge in [0.2, 0.25) is 0 Å². The predicted molar refractivity (Wildman–Crippen MR) is 115 cm³/mol. The van der Waals surface area contributed by atoms with Crippen molar-refractivity contribution < 1.29 is 4.79 Å².